The van der Waals surface area contributed by atoms with Gasteiger partial charge in [-0.3, -0.25) is 9.80 Å². The number of nitrogens with zero attached hydrogens (tertiary/aromatic N) is 2. The summed E-state index contributed by atoms with van der Waals surface area (Å²) in [4.78, 5) is 4.36. The summed E-state index contributed by atoms with van der Waals surface area (Å²) in [6, 6.07) is 0.949. The van der Waals surface area contributed by atoms with Crippen LogP contribution in [0.3, 0.4) is 0 Å². The molecule has 0 saturated carbocycles. The molecule has 4 atom stereocenters. The lowest BCUT2D eigenvalue weighted by molar-refractivity contribution is 0.0406. The third kappa shape index (κ3) is 8.68. The lowest BCUT2D eigenvalue weighted by Gasteiger charge is -2.34. The average Bonchev–Trinajstić information content (AvgIpc) is 2.57. The van der Waals surface area contributed by atoms with Gasteiger partial charge in [0.15, 0.2) is 0 Å². The molecule has 0 aromatic heterocycles. The molecule has 0 amide bonds. The fourth-order valence-corrected chi connectivity index (χ4v) is 3.02. The summed E-state index contributed by atoms with van der Waals surface area (Å²) < 4.78 is 0. The number of piperazine rings is 2. The van der Waals surface area contributed by atoms with Gasteiger partial charge in [-0.05, 0) is 13.8 Å². The van der Waals surface area contributed by atoms with E-state index in [1.807, 2.05) is 0 Å². The van der Waals surface area contributed by atoms with Crippen LogP contribution in [-0.4, -0.2) is 120 Å². The van der Waals surface area contributed by atoms with Crippen LogP contribution in [0, 0.1) is 0 Å². The van der Waals surface area contributed by atoms with Gasteiger partial charge in [-0.2, -0.15) is 0 Å². The SMILES string of the molecule is CC1CN(CC(O)CO)CCN1.CC1CNCCN1CC(O)CO. The first-order valence-corrected chi connectivity index (χ1v) is 8.94. The number of nitrogens with one attached hydrogen (secondary N) is 2. The second kappa shape index (κ2) is 12.1. The zero-order chi connectivity index (χ0) is 17.9. The van der Waals surface area contributed by atoms with Gasteiger partial charge in [0, 0.05) is 64.4 Å². The predicted molar refractivity (Wildman–Crippen MR) is 94.0 cm³/mol. The molecule has 2 aliphatic rings. The van der Waals surface area contributed by atoms with E-state index in [0.717, 1.165) is 39.3 Å². The summed E-state index contributed by atoms with van der Waals surface area (Å²) in [5.74, 6) is 0. The minimum atomic E-state index is -0.592. The Kier molecular flexibility index (Phi) is 11.0. The topological polar surface area (TPSA) is 111 Å². The molecule has 0 spiro atoms. The monoisotopic (exact) mass is 348 g/mol. The maximum atomic E-state index is 9.22. The smallest absolute Gasteiger partial charge is 0.0897 e. The second-order valence-electron chi connectivity index (χ2n) is 6.84. The number of β-amino-alcohol motifs (C(OH)–C–C–N with tert-alkyl or cyclic N) is 2. The third-order valence-electron chi connectivity index (χ3n) is 4.43. The number of rotatable bonds is 6. The normalized spacial score (nSPS) is 28.8. The number of hydrogen-bond donors (Lipinski definition) is 6. The van der Waals surface area contributed by atoms with Crippen LogP contribution in [0.1, 0.15) is 13.8 Å². The van der Waals surface area contributed by atoms with E-state index < -0.39 is 12.2 Å². The minimum absolute atomic E-state index is 0.141. The average molecular weight is 348 g/mol. The molecule has 2 aliphatic heterocycles. The van der Waals surface area contributed by atoms with Gasteiger partial charge in [0.1, 0.15) is 0 Å². The lowest BCUT2D eigenvalue weighted by atomic mass is 10.2. The molecule has 2 saturated heterocycles. The van der Waals surface area contributed by atoms with E-state index >= 15 is 0 Å². The Hall–Kier alpha value is -0.320. The van der Waals surface area contributed by atoms with Crippen molar-refractivity contribution in [2.75, 3.05) is 65.6 Å². The molecule has 2 rings (SSSR count). The molecule has 8 heteroatoms. The van der Waals surface area contributed by atoms with Crippen molar-refractivity contribution in [1.82, 2.24) is 20.4 Å². The highest BCUT2D eigenvalue weighted by Gasteiger charge is 2.20. The first kappa shape index (κ1) is 21.7. The predicted octanol–water partition coefficient (Wildman–Crippen LogP) is -2.73. The van der Waals surface area contributed by atoms with Crippen molar-refractivity contribution in [2.24, 2.45) is 0 Å². The first-order valence-electron chi connectivity index (χ1n) is 8.94. The van der Waals surface area contributed by atoms with Crippen molar-refractivity contribution >= 4 is 0 Å². The van der Waals surface area contributed by atoms with Gasteiger partial charge in [0.05, 0.1) is 25.4 Å². The fraction of sp³-hybridized carbons (Fsp3) is 1.00. The van der Waals surface area contributed by atoms with Crippen molar-refractivity contribution in [3.63, 3.8) is 0 Å². The van der Waals surface area contributed by atoms with E-state index in [0.29, 0.717) is 25.2 Å². The van der Waals surface area contributed by atoms with E-state index in [4.69, 9.17) is 10.2 Å². The van der Waals surface area contributed by atoms with Gasteiger partial charge in [0.2, 0.25) is 0 Å². The molecule has 24 heavy (non-hydrogen) atoms. The number of aliphatic hydroxyl groups is 4. The van der Waals surface area contributed by atoms with Gasteiger partial charge >= 0.3 is 0 Å². The van der Waals surface area contributed by atoms with Gasteiger partial charge < -0.3 is 31.1 Å². The van der Waals surface area contributed by atoms with Crippen LogP contribution in [0.15, 0.2) is 0 Å². The van der Waals surface area contributed by atoms with Crippen LogP contribution >= 0.6 is 0 Å². The zero-order valence-corrected chi connectivity index (χ0v) is 15.1. The van der Waals surface area contributed by atoms with E-state index in [9.17, 15) is 10.2 Å². The Morgan fingerprint density at radius 1 is 1.00 bits per heavy atom. The highest BCUT2D eigenvalue weighted by atomic mass is 16.3. The molecule has 2 fully saturated rings. The molecular weight excluding hydrogens is 312 g/mol. The number of hydrogen-bond acceptors (Lipinski definition) is 8. The largest absolute Gasteiger partial charge is 0.394 e. The summed E-state index contributed by atoms with van der Waals surface area (Å²) in [6.45, 7) is 10.9. The molecule has 8 nitrogen and oxygen atoms in total. The van der Waals surface area contributed by atoms with Crippen LogP contribution in [0.2, 0.25) is 0 Å². The van der Waals surface area contributed by atoms with E-state index in [2.05, 4.69) is 34.3 Å². The van der Waals surface area contributed by atoms with Crippen LogP contribution in [0.5, 0.6) is 0 Å². The van der Waals surface area contributed by atoms with Crippen LogP contribution in [-0.2, 0) is 0 Å². The summed E-state index contributed by atoms with van der Waals surface area (Å²) in [6.07, 6.45) is -1.18. The summed E-state index contributed by atoms with van der Waals surface area (Å²) in [5.41, 5.74) is 0. The maximum absolute atomic E-state index is 9.22. The Bertz CT molecular complexity index is 324. The second-order valence-corrected chi connectivity index (χ2v) is 6.84. The van der Waals surface area contributed by atoms with Gasteiger partial charge in [-0.15, -0.1) is 0 Å². The Labute approximate surface area is 145 Å². The Morgan fingerprint density at radius 2 is 1.67 bits per heavy atom. The first-order chi connectivity index (χ1) is 11.5. The standard InChI is InChI=1S/2C8H18N2O2/c1-7-4-10(3-2-9-7)5-8(12)6-11;1-7-4-9-2-3-10(7)5-8(12)6-11/h2*7-9,11-12H,2-6H2,1H3. The molecule has 0 aromatic carbocycles. The molecular formula is C16H36N4O4. The summed E-state index contributed by atoms with van der Waals surface area (Å²) in [5, 5.41) is 42.3. The Morgan fingerprint density at radius 3 is 2.25 bits per heavy atom. The van der Waals surface area contributed by atoms with Crippen molar-refractivity contribution < 1.29 is 20.4 Å². The van der Waals surface area contributed by atoms with Crippen molar-refractivity contribution in [2.45, 2.75) is 38.1 Å². The molecule has 0 radical (unpaired) electrons. The zero-order valence-electron chi connectivity index (χ0n) is 15.1. The van der Waals surface area contributed by atoms with Crippen LogP contribution in [0.25, 0.3) is 0 Å². The molecule has 4 unspecified atom stereocenters. The summed E-state index contributed by atoms with van der Waals surface area (Å²) >= 11 is 0. The van der Waals surface area contributed by atoms with Crippen molar-refractivity contribution in [3.8, 4) is 0 Å². The minimum Gasteiger partial charge on any atom is -0.394 e. The quantitative estimate of drug-likeness (QED) is 0.307. The highest BCUT2D eigenvalue weighted by Crippen LogP contribution is 2.03. The van der Waals surface area contributed by atoms with E-state index in [-0.39, 0.29) is 13.2 Å². The maximum Gasteiger partial charge on any atom is 0.0897 e. The number of aliphatic hydroxyl groups excluding tert-OH is 4. The van der Waals surface area contributed by atoms with Gasteiger partial charge in [-0.1, -0.05) is 0 Å². The van der Waals surface area contributed by atoms with Gasteiger partial charge in [-0.25, -0.2) is 0 Å². The molecule has 6 N–H and O–H groups in total. The van der Waals surface area contributed by atoms with Crippen molar-refractivity contribution in [3.05, 3.63) is 0 Å². The fourth-order valence-electron chi connectivity index (χ4n) is 3.02. The lowest BCUT2D eigenvalue weighted by Crippen LogP contribution is -2.52. The van der Waals surface area contributed by atoms with Crippen molar-refractivity contribution in [1.29, 1.82) is 0 Å². The molecule has 144 valence electrons. The highest BCUT2D eigenvalue weighted by molar-refractivity contribution is 4.78. The third-order valence-corrected chi connectivity index (χ3v) is 4.43. The van der Waals surface area contributed by atoms with Crippen LogP contribution in [0.4, 0.5) is 0 Å². The molecule has 0 aliphatic carbocycles. The molecule has 0 aromatic rings. The Balaban J connectivity index is 0.000000240. The van der Waals surface area contributed by atoms with Gasteiger partial charge in [0.25, 0.3) is 0 Å². The molecule has 2 heterocycles. The van der Waals surface area contributed by atoms with Crippen LogP contribution < -0.4 is 10.6 Å². The van der Waals surface area contributed by atoms with E-state index in [1.54, 1.807) is 0 Å². The summed E-state index contributed by atoms with van der Waals surface area (Å²) in [7, 11) is 0. The molecule has 0 bridgehead atoms. The van der Waals surface area contributed by atoms with E-state index in [1.165, 1.54) is 0 Å².